The van der Waals surface area contributed by atoms with Crippen LogP contribution in [0.1, 0.15) is 35.4 Å². The second kappa shape index (κ2) is 9.78. The molecule has 4 heterocycles. The summed E-state index contributed by atoms with van der Waals surface area (Å²) in [5, 5.41) is 11.1. The Morgan fingerprint density at radius 1 is 1.20 bits per heavy atom. The van der Waals surface area contributed by atoms with E-state index in [4.69, 9.17) is 0 Å². The number of rotatable bonds is 3. The summed E-state index contributed by atoms with van der Waals surface area (Å²) in [7, 11) is 2.08. The average Bonchev–Trinajstić information content (AvgIpc) is 3.48. The number of aryl methyl sites for hydroxylation is 1. The van der Waals surface area contributed by atoms with E-state index in [0.717, 1.165) is 47.7 Å². The molecule has 3 aromatic rings. The molecule has 0 bridgehead atoms. The van der Waals surface area contributed by atoms with E-state index in [0.29, 0.717) is 10.8 Å². The molecule has 0 saturated carbocycles. The number of anilines is 2. The van der Waals surface area contributed by atoms with Crippen LogP contribution in [0.25, 0.3) is 10.2 Å². The van der Waals surface area contributed by atoms with Crippen LogP contribution in [-0.2, 0) is 13.1 Å². The van der Waals surface area contributed by atoms with Gasteiger partial charge in [-0.2, -0.15) is 5.10 Å². The summed E-state index contributed by atoms with van der Waals surface area (Å²) >= 11 is 5.47. The third-order valence-corrected chi connectivity index (χ3v) is 6.32. The summed E-state index contributed by atoms with van der Waals surface area (Å²) in [5.74, 6) is -0.227. The lowest BCUT2D eigenvalue weighted by Gasteiger charge is -2.10. The second-order valence-corrected chi connectivity index (χ2v) is 8.81. The maximum atomic E-state index is 12.5. The molecule has 0 aliphatic carbocycles. The van der Waals surface area contributed by atoms with Crippen molar-refractivity contribution in [2.45, 2.75) is 32.4 Å². The number of amides is 1. The second-order valence-electron chi connectivity index (χ2n) is 7.56. The zero-order valence-corrected chi connectivity index (χ0v) is 18.7. The summed E-state index contributed by atoms with van der Waals surface area (Å²) in [6.45, 7) is 5.19. The van der Waals surface area contributed by atoms with Crippen LogP contribution in [-0.4, -0.2) is 52.3 Å². The highest BCUT2D eigenvalue weighted by atomic mass is 32.1. The van der Waals surface area contributed by atoms with Crippen LogP contribution in [0.15, 0.2) is 24.3 Å². The zero-order valence-electron chi connectivity index (χ0n) is 17.0. The molecular formula is C20H27N7OS2. The van der Waals surface area contributed by atoms with E-state index in [2.05, 4.69) is 50.2 Å². The van der Waals surface area contributed by atoms with E-state index in [1.165, 1.54) is 37.3 Å². The average molecular weight is 446 g/mol. The number of aromatic nitrogens is 3. The molecule has 160 valence electrons. The Labute approximate surface area is 185 Å². The molecule has 1 amide bonds. The van der Waals surface area contributed by atoms with Gasteiger partial charge in [0, 0.05) is 25.3 Å². The van der Waals surface area contributed by atoms with Gasteiger partial charge in [0.05, 0.1) is 15.9 Å². The molecule has 0 spiro atoms. The van der Waals surface area contributed by atoms with Gasteiger partial charge in [-0.15, -0.1) is 0 Å². The number of benzene rings is 1. The molecule has 0 unspecified atom stereocenters. The van der Waals surface area contributed by atoms with Crippen molar-refractivity contribution in [2.24, 2.45) is 0 Å². The molecule has 1 saturated heterocycles. The minimum absolute atomic E-state index is 0.227. The number of thiazole rings is 1. The molecule has 2 aliphatic heterocycles. The van der Waals surface area contributed by atoms with E-state index in [1.807, 2.05) is 28.9 Å². The number of hydrogen-bond donors (Lipinski definition) is 4. The van der Waals surface area contributed by atoms with Crippen molar-refractivity contribution >= 4 is 51.1 Å². The van der Waals surface area contributed by atoms with Crippen molar-refractivity contribution in [3.8, 4) is 0 Å². The van der Waals surface area contributed by atoms with Crippen molar-refractivity contribution < 1.29 is 4.79 Å². The molecule has 10 heteroatoms. The van der Waals surface area contributed by atoms with Crippen LogP contribution in [0, 0.1) is 0 Å². The van der Waals surface area contributed by atoms with Gasteiger partial charge in [0.2, 0.25) is 0 Å². The molecule has 1 aromatic carbocycles. The number of fused-ring (bicyclic) bond motifs is 2. The lowest BCUT2D eigenvalue weighted by atomic mass is 10.3. The summed E-state index contributed by atoms with van der Waals surface area (Å²) in [6, 6.07) is 7.61. The smallest absolute Gasteiger partial charge is 0.277 e. The fourth-order valence-corrected chi connectivity index (χ4v) is 4.61. The molecule has 1 fully saturated rings. The van der Waals surface area contributed by atoms with Gasteiger partial charge in [0.1, 0.15) is 0 Å². The first-order chi connectivity index (χ1) is 14.6. The Morgan fingerprint density at radius 2 is 2.03 bits per heavy atom. The number of nitrogens with one attached hydrogen (secondary N) is 3. The lowest BCUT2D eigenvalue weighted by Crippen LogP contribution is -2.17. The summed E-state index contributed by atoms with van der Waals surface area (Å²) in [5.41, 5.74) is 3.23. The zero-order chi connectivity index (χ0) is 20.9. The predicted octanol–water partition coefficient (Wildman–Crippen LogP) is 3.21. The third kappa shape index (κ3) is 5.12. The first-order valence-electron chi connectivity index (χ1n) is 10.2. The molecule has 2 aliphatic rings. The molecule has 2 aromatic heterocycles. The van der Waals surface area contributed by atoms with Gasteiger partial charge in [0.15, 0.2) is 10.8 Å². The SMILES string of the molecule is C1CCNC1.CN1CCCn2nc(C(=O)Nc3nc4ccc(NS)cc4s3)cc2C1. The fourth-order valence-electron chi connectivity index (χ4n) is 3.57. The quantitative estimate of drug-likeness (QED) is 0.463. The highest BCUT2D eigenvalue weighted by Gasteiger charge is 2.19. The normalized spacial score (nSPS) is 16.5. The van der Waals surface area contributed by atoms with Crippen LogP contribution >= 0.6 is 24.2 Å². The molecule has 5 rings (SSSR count). The Hall–Kier alpha value is -2.14. The van der Waals surface area contributed by atoms with Gasteiger partial charge in [-0.3, -0.25) is 14.8 Å². The Bertz CT molecular complexity index is 1000. The van der Waals surface area contributed by atoms with Crippen LogP contribution in [0.2, 0.25) is 0 Å². The third-order valence-electron chi connectivity index (χ3n) is 5.13. The van der Waals surface area contributed by atoms with Crippen LogP contribution in [0.3, 0.4) is 0 Å². The first-order valence-corrected chi connectivity index (χ1v) is 11.5. The fraction of sp³-hybridized carbons (Fsp3) is 0.450. The molecule has 30 heavy (non-hydrogen) atoms. The van der Waals surface area contributed by atoms with Crippen LogP contribution < -0.4 is 15.4 Å². The van der Waals surface area contributed by atoms with Crippen molar-refractivity contribution in [1.82, 2.24) is 25.0 Å². The lowest BCUT2D eigenvalue weighted by molar-refractivity contribution is 0.102. The number of hydrogen-bond acceptors (Lipinski definition) is 8. The van der Waals surface area contributed by atoms with Crippen molar-refractivity contribution in [2.75, 3.05) is 36.7 Å². The monoisotopic (exact) mass is 445 g/mol. The standard InChI is InChI=1S/C16H18N6OS2.C4H9N/c1-21-5-2-6-22-11(9-21)8-13(19-22)15(23)18-16-17-12-4-3-10(20-24)7-14(12)25-16;1-2-4-5-3-1/h3-4,7-8,20,24H,2,5-6,9H2,1H3,(H,17,18,23);5H,1-4H2. The van der Waals surface area contributed by atoms with E-state index < -0.39 is 0 Å². The number of carbonyl (C=O) groups is 1. The topological polar surface area (TPSA) is 87.1 Å². The minimum atomic E-state index is -0.227. The van der Waals surface area contributed by atoms with Crippen molar-refractivity contribution in [1.29, 1.82) is 0 Å². The predicted molar refractivity (Wildman–Crippen MR) is 125 cm³/mol. The van der Waals surface area contributed by atoms with Gasteiger partial charge in [0.25, 0.3) is 5.91 Å². The van der Waals surface area contributed by atoms with Gasteiger partial charge >= 0.3 is 0 Å². The van der Waals surface area contributed by atoms with E-state index in [-0.39, 0.29) is 5.91 Å². The van der Waals surface area contributed by atoms with Gasteiger partial charge in [-0.25, -0.2) is 4.98 Å². The Kier molecular flexibility index (Phi) is 6.88. The Morgan fingerprint density at radius 3 is 2.77 bits per heavy atom. The van der Waals surface area contributed by atoms with Crippen LogP contribution in [0.4, 0.5) is 10.8 Å². The van der Waals surface area contributed by atoms with Gasteiger partial charge in [-0.05, 0) is 63.7 Å². The molecular weight excluding hydrogens is 418 g/mol. The van der Waals surface area contributed by atoms with E-state index >= 15 is 0 Å². The first kappa shape index (κ1) is 21.1. The van der Waals surface area contributed by atoms with E-state index in [9.17, 15) is 4.79 Å². The van der Waals surface area contributed by atoms with E-state index in [1.54, 1.807) is 0 Å². The Balaban J connectivity index is 0.000000383. The summed E-state index contributed by atoms with van der Waals surface area (Å²) in [4.78, 5) is 19.2. The molecule has 3 N–H and O–H groups in total. The molecule has 8 nitrogen and oxygen atoms in total. The van der Waals surface area contributed by atoms with Gasteiger partial charge < -0.3 is 14.9 Å². The van der Waals surface area contributed by atoms with Crippen molar-refractivity contribution in [3.63, 3.8) is 0 Å². The number of carbonyl (C=O) groups excluding carboxylic acids is 1. The minimum Gasteiger partial charge on any atom is -0.332 e. The highest BCUT2D eigenvalue weighted by Crippen LogP contribution is 2.29. The molecule has 0 atom stereocenters. The van der Waals surface area contributed by atoms with Crippen molar-refractivity contribution in [3.05, 3.63) is 35.7 Å². The number of nitrogens with zero attached hydrogens (tertiary/aromatic N) is 4. The maximum absolute atomic E-state index is 12.5. The highest BCUT2D eigenvalue weighted by molar-refractivity contribution is 7.81. The largest absolute Gasteiger partial charge is 0.332 e. The van der Waals surface area contributed by atoms with Gasteiger partial charge in [-0.1, -0.05) is 24.2 Å². The molecule has 0 radical (unpaired) electrons. The summed E-state index contributed by atoms with van der Waals surface area (Å²) < 4.78 is 5.72. The summed E-state index contributed by atoms with van der Waals surface area (Å²) in [6.07, 6.45) is 3.81. The van der Waals surface area contributed by atoms with Crippen LogP contribution in [0.5, 0.6) is 0 Å². The maximum Gasteiger partial charge on any atom is 0.277 e. The number of thiol groups is 1.